The zero-order chi connectivity index (χ0) is 16.3. The van der Waals surface area contributed by atoms with Gasteiger partial charge in [-0.1, -0.05) is 36.7 Å². The van der Waals surface area contributed by atoms with Crippen molar-refractivity contribution in [1.29, 1.82) is 0 Å². The Morgan fingerprint density at radius 3 is 2.14 bits per heavy atom. The molecule has 124 valence electrons. The van der Waals surface area contributed by atoms with Crippen LogP contribution in [0.5, 0.6) is 11.5 Å². The minimum atomic E-state index is 0.124. The van der Waals surface area contributed by atoms with Crippen LogP contribution in [0, 0.1) is 5.41 Å². The molecule has 22 heavy (non-hydrogen) atoms. The lowest BCUT2D eigenvalue weighted by Gasteiger charge is -2.43. The first kappa shape index (κ1) is 17.6. The van der Waals surface area contributed by atoms with E-state index in [1.165, 1.54) is 5.56 Å². The van der Waals surface area contributed by atoms with Gasteiger partial charge in [-0.2, -0.15) is 0 Å². The first-order valence-electron chi connectivity index (χ1n) is 7.74. The van der Waals surface area contributed by atoms with Gasteiger partial charge in [-0.25, -0.2) is 0 Å². The average molecular weight is 371 g/mol. The van der Waals surface area contributed by atoms with E-state index in [4.69, 9.17) is 9.47 Å². The molecule has 5 heteroatoms. The molecule has 1 aliphatic heterocycles. The SMILES string of the molecule is COc1cc(Br)c([C@@H](N2CCNCC2)C(C)(C)C)cc1OC. The summed E-state index contributed by atoms with van der Waals surface area (Å²) < 4.78 is 12.0. The molecule has 0 spiro atoms. The first-order chi connectivity index (χ1) is 10.4. The molecular formula is C17H27BrN2O2. The highest BCUT2D eigenvalue weighted by Crippen LogP contribution is 2.44. The smallest absolute Gasteiger partial charge is 0.161 e. The lowest BCUT2D eigenvalue weighted by atomic mass is 9.81. The maximum absolute atomic E-state index is 5.51. The lowest BCUT2D eigenvalue weighted by Crippen LogP contribution is -2.48. The molecule has 2 rings (SSSR count). The van der Waals surface area contributed by atoms with Crippen molar-refractivity contribution in [2.75, 3.05) is 40.4 Å². The van der Waals surface area contributed by atoms with E-state index in [0.29, 0.717) is 6.04 Å². The number of hydrogen-bond donors (Lipinski definition) is 1. The third kappa shape index (κ3) is 3.76. The van der Waals surface area contributed by atoms with Gasteiger partial charge in [0.1, 0.15) is 0 Å². The molecule has 0 saturated carbocycles. The van der Waals surface area contributed by atoms with E-state index in [1.54, 1.807) is 14.2 Å². The van der Waals surface area contributed by atoms with Gasteiger partial charge in [0.2, 0.25) is 0 Å². The molecular weight excluding hydrogens is 344 g/mol. The van der Waals surface area contributed by atoms with Gasteiger partial charge < -0.3 is 14.8 Å². The highest BCUT2D eigenvalue weighted by Gasteiger charge is 2.34. The van der Waals surface area contributed by atoms with Gasteiger partial charge in [0.05, 0.1) is 14.2 Å². The summed E-state index contributed by atoms with van der Waals surface area (Å²) in [5.41, 5.74) is 1.38. The molecule has 4 nitrogen and oxygen atoms in total. The zero-order valence-corrected chi connectivity index (χ0v) is 15.8. The number of rotatable bonds is 4. The number of benzene rings is 1. The van der Waals surface area contributed by atoms with Crippen molar-refractivity contribution in [2.45, 2.75) is 26.8 Å². The summed E-state index contributed by atoms with van der Waals surface area (Å²) in [7, 11) is 3.36. The Morgan fingerprint density at radius 1 is 1.09 bits per heavy atom. The molecule has 1 aromatic carbocycles. The number of hydrogen-bond acceptors (Lipinski definition) is 4. The standard InChI is InChI=1S/C17H27BrN2O2/c1-17(2,3)16(20-8-6-19-7-9-20)12-10-14(21-4)15(22-5)11-13(12)18/h10-11,16,19H,6-9H2,1-5H3/t16-/m1/s1. The Balaban J connectivity index is 2.47. The van der Waals surface area contributed by atoms with Crippen molar-refractivity contribution in [1.82, 2.24) is 10.2 Å². The topological polar surface area (TPSA) is 33.7 Å². The molecule has 1 aliphatic rings. The van der Waals surface area contributed by atoms with E-state index in [1.807, 2.05) is 6.07 Å². The third-order valence-electron chi connectivity index (χ3n) is 4.13. The van der Waals surface area contributed by atoms with E-state index in [0.717, 1.165) is 42.2 Å². The lowest BCUT2D eigenvalue weighted by molar-refractivity contribution is 0.0855. The second-order valence-corrected chi connectivity index (χ2v) is 7.64. The highest BCUT2D eigenvalue weighted by atomic mass is 79.9. The summed E-state index contributed by atoms with van der Waals surface area (Å²) in [6.07, 6.45) is 0. The van der Waals surface area contributed by atoms with E-state index in [9.17, 15) is 0 Å². The van der Waals surface area contributed by atoms with Crippen LogP contribution in [0.25, 0.3) is 0 Å². The summed E-state index contributed by atoms with van der Waals surface area (Å²) in [6, 6.07) is 4.44. The normalized spacial score (nSPS) is 18.1. The molecule has 0 unspecified atom stereocenters. The highest BCUT2D eigenvalue weighted by molar-refractivity contribution is 9.10. The molecule has 1 N–H and O–H groups in total. The van der Waals surface area contributed by atoms with Crippen LogP contribution in [0.2, 0.25) is 0 Å². The molecule has 1 heterocycles. The number of piperazine rings is 1. The summed E-state index contributed by atoms with van der Waals surface area (Å²) >= 11 is 3.73. The van der Waals surface area contributed by atoms with Crippen LogP contribution in [0.1, 0.15) is 32.4 Å². The Bertz CT molecular complexity index is 508. The largest absolute Gasteiger partial charge is 0.493 e. The number of nitrogens with one attached hydrogen (secondary N) is 1. The molecule has 0 aromatic heterocycles. The molecule has 0 amide bonds. The van der Waals surface area contributed by atoms with Crippen molar-refractivity contribution in [2.24, 2.45) is 5.41 Å². The van der Waals surface area contributed by atoms with Crippen LogP contribution >= 0.6 is 15.9 Å². The van der Waals surface area contributed by atoms with Crippen LogP contribution in [0.4, 0.5) is 0 Å². The van der Waals surface area contributed by atoms with Gasteiger partial charge in [-0.3, -0.25) is 4.90 Å². The van der Waals surface area contributed by atoms with Gasteiger partial charge in [-0.05, 0) is 23.1 Å². The van der Waals surface area contributed by atoms with Crippen molar-refractivity contribution in [3.8, 4) is 11.5 Å². The minimum Gasteiger partial charge on any atom is -0.493 e. The van der Waals surface area contributed by atoms with Gasteiger partial charge in [0.25, 0.3) is 0 Å². The van der Waals surface area contributed by atoms with Crippen molar-refractivity contribution >= 4 is 15.9 Å². The first-order valence-corrected chi connectivity index (χ1v) is 8.54. The van der Waals surface area contributed by atoms with E-state index in [-0.39, 0.29) is 5.41 Å². The zero-order valence-electron chi connectivity index (χ0n) is 14.2. The van der Waals surface area contributed by atoms with Gasteiger partial charge in [0.15, 0.2) is 11.5 Å². The van der Waals surface area contributed by atoms with Crippen molar-refractivity contribution < 1.29 is 9.47 Å². The summed E-state index contributed by atoms with van der Waals surface area (Å²) in [4.78, 5) is 2.56. The van der Waals surface area contributed by atoms with Gasteiger partial charge in [-0.15, -0.1) is 0 Å². The molecule has 1 atom stereocenters. The van der Waals surface area contributed by atoms with Crippen molar-refractivity contribution in [3.63, 3.8) is 0 Å². The molecule has 0 aliphatic carbocycles. The quantitative estimate of drug-likeness (QED) is 0.879. The molecule has 1 aromatic rings. The van der Waals surface area contributed by atoms with Crippen LogP contribution in [0.3, 0.4) is 0 Å². The molecule has 0 bridgehead atoms. The van der Waals surface area contributed by atoms with Crippen LogP contribution in [-0.2, 0) is 0 Å². The molecule has 1 fully saturated rings. The summed E-state index contributed by atoms with van der Waals surface area (Å²) in [5.74, 6) is 1.54. The maximum Gasteiger partial charge on any atom is 0.161 e. The predicted molar refractivity (Wildman–Crippen MR) is 93.9 cm³/mol. The van der Waals surface area contributed by atoms with Crippen LogP contribution in [-0.4, -0.2) is 45.3 Å². The summed E-state index contributed by atoms with van der Waals surface area (Å²) in [6.45, 7) is 11.1. The van der Waals surface area contributed by atoms with Gasteiger partial charge >= 0.3 is 0 Å². The molecule has 0 radical (unpaired) electrons. The minimum absolute atomic E-state index is 0.124. The second kappa shape index (κ2) is 7.20. The van der Waals surface area contributed by atoms with E-state index >= 15 is 0 Å². The van der Waals surface area contributed by atoms with E-state index < -0.39 is 0 Å². The second-order valence-electron chi connectivity index (χ2n) is 6.78. The average Bonchev–Trinajstić information content (AvgIpc) is 2.48. The number of nitrogens with zero attached hydrogens (tertiary/aromatic N) is 1. The fourth-order valence-electron chi connectivity index (χ4n) is 3.23. The van der Waals surface area contributed by atoms with Crippen LogP contribution in [0.15, 0.2) is 16.6 Å². The number of ether oxygens (including phenoxy) is 2. The summed E-state index contributed by atoms with van der Waals surface area (Å²) in [5, 5.41) is 3.43. The number of halogens is 1. The Hall–Kier alpha value is -0.780. The number of methoxy groups -OCH3 is 2. The van der Waals surface area contributed by atoms with Crippen molar-refractivity contribution in [3.05, 3.63) is 22.2 Å². The predicted octanol–water partition coefficient (Wildman–Crippen LogP) is 3.46. The third-order valence-corrected chi connectivity index (χ3v) is 4.82. The fraction of sp³-hybridized carbons (Fsp3) is 0.647. The Morgan fingerprint density at radius 2 is 1.64 bits per heavy atom. The maximum atomic E-state index is 5.51. The monoisotopic (exact) mass is 370 g/mol. The van der Waals surface area contributed by atoms with Crippen LogP contribution < -0.4 is 14.8 Å². The molecule has 1 saturated heterocycles. The van der Waals surface area contributed by atoms with Gasteiger partial charge in [0, 0.05) is 36.7 Å². The van der Waals surface area contributed by atoms with E-state index in [2.05, 4.69) is 53.0 Å². The fourth-order valence-corrected chi connectivity index (χ4v) is 3.77. The Kier molecular flexibility index (Phi) is 5.75. The Labute approximate surface area is 142 Å².